The van der Waals surface area contributed by atoms with Crippen molar-refractivity contribution in [2.24, 2.45) is 0 Å². The molecule has 0 radical (unpaired) electrons. The van der Waals surface area contributed by atoms with Gasteiger partial charge in [0.25, 0.3) is 5.56 Å². The lowest BCUT2D eigenvalue weighted by atomic mass is 9.86. The molecule has 1 aromatic carbocycles. The number of aliphatic hydroxyl groups excluding tert-OH is 4. The Morgan fingerprint density at radius 3 is 2.30 bits per heavy atom. The minimum atomic E-state index is -1.90. The molecular formula is C36H42N2O12. The van der Waals surface area contributed by atoms with Crippen LogP contribution >= 0.6 is 0 Å². The van der Waals surface area contributed by atoms with Gasteiger partial charge in [-0.25, -0.2) is 9.78 Å². The minimum Gasteiger partial charge on any atom is -0.458 e. The molecule has 0 saturated carbocycles. The van der Waals surface area contributed by atoms with Crippen LogP contribution in [0.4, 0.5) is 0 Å². The van der Waals surface area contributed by atoms with E-state index in [4.69, 9.17) is 33.8 Å². The molecule has 4 aliphatic rings. The lowest BCUT2D eigenvalue weighted by Crippen LogP contribution is -2.44. The smallest absolute Gasteiger partial charge is 0.343 e. The number of aromatic nitrogens is 2. The van der Waals surface area contributed by atoms with Crippen LogP contribution in [0, 0.1) is 0 Å². The number of rotatable bonds is 8. The molecular weight excluding hydrogens is 652 g/mol. The molecule has 0 bridgehead atoms. The number of carbonyl (C=O) groups excluding carboxylic acids is 1. The Labute approximate surface area is 287 Å². The third-order valence-corrected chi connectivity index (χ3v) is 9.18. The summed E-state index contributed by atoms with van der Waals surface area (Å²) in [5.74, 6) is -0.766. The predicted molar refractivity (Wildman–Crippen MR) is 177 cm³/mol. The molecule has 6 heterocycles. The van der Waals surface area contributed by atoms with Crippen LogP contribution in [-0.2, 0) is 53.8 Å². The van der Waals surface area contributed by atoms with Gasteiger partial charge in [0.15, 0.2) is 18.2 Å². The number of carbonyl (C=O) groups is 1. The van der Waals surface area contributed by atoms with E-state index in [9.17, 15) is 30.0 Å². The molecule has 7 atom stereocenters. The summed E-state index contributed by atoms with van der Waals surface area (Å²) >= 11 is 0. The summed E-state index contributed by atoms with van der Waals surface area (Å²) < 4.78 is 29.0. The van der Waals surface area contributed by atoms with Gasteiger partial charge in [0.1, 0.15) is 31.0 Å². The minimum absolute atomic E-state index is 0.0595. The lowest BCUT2D eigenvalue weighted by Gasteiger charge is -2.31. The van der Waals surface area contributed by atoms with Crippen molar-refractivity contribution in [3.05, 3.63) is 87.2 Å². The van der Waals surface area contributed by atoms with E-state index >= 15 is 0 Å². The predicted octanol–water partition coefficient (Wildman–Crippen LogP) is 1.28. The van der Waals surface area contributed by atoms with Crippen LogP contribution in [0.1, 0.15) is 49.4 Å². The van der Waals surface area contributed by atoms with E-state index in [1.165, 1.54) is 6.08 Å². The van der Waals surface area contributed by atoms with Gasteiger partial charge in [0, 0.05) is 16.5 Å². The largest absolute Gasteiger partial charge is 0.458 e. The zero-order chi connectivity index (χ0) is 35.7. The molecule has 0 amide bonds. The second-order valence-electron chi connectivity index (χ2n) is 12.7. The number of benzene rings is 1. The fourth-order valence-electron chi connectivity index (χ4n) is 6.44. The number of fused-ring (bicyclic) bond motifs is 5. The number of nitrogens with zero attached hydrogens (tertiary/aromatic N) is 2. The molecule has 5 N–H and O–H groups in total. The van der Waals surface area contributed by atoms with E-state index in [0.717, 1.165) is 16.5 Å². The molecule has 0 aliphatic carbocycles. The monoisotopic (exact) mass is 694 g/mol. The van der Waals surface area contributed by atoms with Crippen LogP contribution in [-0.4, -0.2) is 97.4 Å². The zero-order valence-electron chi connectivity index (χ0n) is 28.0. The Morgan fingerprint density at radius 1 is 0.980 bits per heavy atom. The summed E-state index contributed by atoms with van der Waals surface area (Å²) in [5, 5.41) is 49.5. The van der Waals surface area contributed by atoms with E-state index in [1.54, 1.807) is 35.8 Å². The molecule has 268 valence electrons. The zero-order valence-corrected chi connectivity index (χ0v) is 28.0. The average molecular weight is 695 g/mol. The Bertz CT molecular complexity index is 1850. The first-order valence-electron chi connectivity index (χ1n) is 16.6. The summed E-state index contributed by atoms with van der Waals surface area (Å²) in [6, 6.07) is 9.24. The highest BCUT2D eigenvalue weighted by Crippen LogP contribution is 2.40. The maximum atomic E-state index is 13.5. The summed E-state index contributed by atoms with van der Waals surface area (Å²) in [4.78, 5) is 30.8. The highest BCUT2D eigenvalue weighted by molar-refractivity contribution is 5.89. The normalized spacial score (nSPS) is 28.1. The Kier molecular flexibility index (Phi) is 10.6. The van der Waals surface area contributed by atoms with Crippen molar-refractivity contribution < 1.29 is 54.0 Å². The van der Waals surface area contributed by atoms with E-state index < -0.39 is 48.6 Å². The van der Waals surface area contributed by atoms with Crippen molar-refractivity contribution in [2.75, 3.05) is 13.2 Å². The number of pyridine rings is 2. The number of hydrogen-bond acceptors (Lipinski definition) is 13. The molecule has 0 spiro atoms. The van der Waals surface area contributed by atoms with Crippen LogP contribution < -0.4 is 5.56 Å². The number of esters is 1. The average Bonchev–Trinajstić information content (AvgIpc) is 3.48. The van der Waals surface area contributed by atoms with Crippen LogP contribution in [0.15, 0.2) is 59.4 Å². The van der Waals surface area contributed by atoms with Gasteiger partial charge in [-0.15, -0.1) is 0 Å². The molecule has 2 aromatic heterocycles. The highest BCUT2D eigenvalue weighted by Gasteiger charge is 2.45. The number of hydrogen-bond donors (Lipinski definition) is 5. The quantitative estimate of drug-likeness (QED) is 0.131. The summed E-state index contributed by atoms with van der Waals surface area (Å²) in [6.07, 6.45) is 2.23. The van der Waals surface area contributed by atoms with Crippen LogP contribution in [0.5, 0.6) is 0 Å². The van der Waals surface area contributed by atoms with Gasteiger partial charge in [0.05, 0.1) is 54.9 Å². The third-order valence-electron chi connectivity index (χ3n) is 9.18. The summed E-state index contributed by atoms with van der Waals surface area (Å²) in [7, 11) is 0. The number of para-hydroxylation sites is 1. The van der Waals surface area contributed by atoms with E-state index in [-0.39, 0.29) is 62.2 Å². The first-order chi connectivity index (χ1) is 24.0. The van der Waals surface area contributed by atoms with Crippen molar-refractivity contribution in [1.29, 1.82) is 0 Å². The SMILES string of the molecule is CC(C)O[C@H]1C=C[C@H](O)[C@@H](CO)O1.CC[C@@]1(O)C(=O)OCc2c1cc1n(c2=O)Cc2c-1nc1ccccc1c2COC1C=CC(O)C(CO)O1. The van der Waals surface area contributed by atoms with Gasteiger partial charge in [0.2, 0.25) is 0 Å². The van der Waals surface area contributed by atoms with E-state index in [0.29, 0.717) is 16.9 Å². The second kappa shape index (κ2) is 14.8. The Morgan fingerprint density at radius 2 is 1.64 bits per heavy atom. The second-order valence-corrected chi connectivity index (χ2v) is 12.7. The molecule has 0 saturated heterocycles. The molecule has 14 nitrogen and oxygen atoms in total. The van der Waals surface area contributed by atoms with Crippen molar-refractivity contribution >= 4 is 16.9 Å². The van der Waals surface area contributed by atoms with Gasteiger partial charge in [-0.05, 0) is 50.1 Å². The van der Waals surface area contributed by atoms with Gasteiger partial charge < -0.3 is 53.8 Å². The first kappa shape index (κ1) is 36.0. The van der Waals surface area contributed by atoms with Gasteiger partial charge in [-0.3, -0.25) is 4.79 Å². The fourth-order valence-corrected chi connectivity index (χ4v) is 6.44. The van der Waals surface area contributed by atoms with Crippen molar-refractivity contribution in [3.63, 3.8) is 0 Å². The van der Waals surface area contributed by atoms with Gasteiger partial charge in [-0.1, -0.05) is 37.3 Å². The van der Waals surface area contributed by atoms with Crippen molar-refractivity contribution in [1.82, 2.24) is 9.55 Å². The molecule has 3 unspecified atom stereocenters. The molecule has 7 rings (SSSR count). The molecule has 0 fully saturated rings. The van der Waals surface area contributed by atoms with Gasteiger partial charge in [-0.2, -0.15) is 0 Å². The maximum Gasteiger partial charge on any atom is 0.343 e. The summed E-state index contributed by atoms with van der Waals surface area (Å²) in [6.45, 7) is 5.08. The Hall–Kier alpha value is -3.83. The van der Waals surface area contributed by atoms with Crippen molar-refractivity contribution in [3.8, 4) is 11.4 Å². The fraction of sp³-hybridized carbons (Fsp3) is 0.472. The lowest BCUT2D eigenvalue weighted by molar-refractivity contribution is -0.193. The summed E-state index contributed by atoms with van der Waals surface area (Å²) in [5.41, 5.74) is 1.71. The number of aliphatic hydroxyl groups is 5. The van der Waals surface area contributed by atoms with Crippen molar-refractivity contribution in [2.45, 2.75) is 95.7 Å². The topological polar surface area (TPSA) is 199 Å². The number of cyclic esters (lactones) is 1. The molecule has 14 heteroatoms. The third kappa shape index (κ3) is 6.78. The standard InChI is InChI=1S/C27H26N2O8.C9H16O4/c1-2-27(34)18-9-20-24-15(10-29(20)25(32)17(18)13-36-26(27)33)16(14-5-3-4-6-19(14)28-24)12-35-23-8-7-21(31)22(11-30)37-23;1-6(2)12-9-4-3-7(11)8(5-10)13-9/h3-9,21-23,30-31,34H,2,10-13H2,1H3;3-4,6-11H,5H2,1-2H3/t21?,22?,23?,27-;7-,8+,9+/m00/s1. The molecule has 50 heavy (non-hydrogen) atoms. The van der Waals surface area contributed by atoms with Crippen LogP contribution in [0.25, 0.3) is 22.3 Å². The maximum absolute atomic E-state index is 13.5. The molecule has 4 aliphatic heterocycles. The molecule has 3 aromatic rings. The Balaban J connectivity index is 0.000000281. The van der Waals surface area contributed by atoms with Crippen LogP contribution in [0.2, 0.25) is 0 Å². The van der Waals surface area contributed by atoms with Gasteiger partial charge >= 0.3 is 5.97 Å². The van der Waals surface area contributed by atoms with E-state index in [2.05, 4.69) is 0 Å². The number of ether oxygens (including phenoxy) is 5. The van der Waals surface area contributed by atoms with Crippen LogP contribution in [0.3, 0.4) is 0 Å². The first-order valence-corrected chi connectivity index (χ1v) is 16.6. The van der Waals surface area contributed by atoms with E-state index in [1.807, 2.05) is 38.1 Å². The highest BCUT2D eigenvalue weighted by atomic mass is 16.7.